The Labute approximate surface area is 120 Å². The molecular weight excluding hydrogens is 280 g/mol. The van der Waals surface area contributed by atoms with Crippen LogP contribution in [-0.2, 0) is 11.3 Å². The lowest BCUT2D eigenvalue weighted by Crippen LogP contribution is -2.40. The Kier molecular flexibility index (Phi) is 4.68. The number of carbonyl (C=O) groups is 1. The highest BCUT2D eigenvalue weighted by Gasteiger charge is 2.20. The smallest absolute Gasteiger partial charge is 0.320 e. The van der Waals surface area contributed by atoms with Crippen LogP contribution in [0.25, 0.3) is 9.88 Å². The van der Waals surface area contributed by atoms with E-state index in [9.17, 15) is 4.79 Å². The number of aliphatic carboxylic acids is 1. The van der Waals surface area contributed by atoms with E-state index in [0.717, 1.165) is 15.6 Å². The summed E-state index contributed by atoms with van der Waals surface area (Å²) >= 11 is 3.24. The Bertz CT molecular complexity index is 535. The van der Waals surface area contributed by atoms with Gasteiger partial charge in [0.25, 0.3) is 0 Å². The standard InChI is InChI=1S/C13H16N2O2S2/c1-8(2)11(13(16)17)14-6-9-7-19-12(15-9)10-4-3-5-18-10/h3-5,7-8,11,14H,6H2,1-2H3,(H,16,17)/t11-/m1/s1. The van der Waals surface area contributed by atoms with Gasteiger partial charge < -0.3 is 5.11 Å². The zero-order valence-electron chi connectivity index (χ0n) is 10.8. The number of hydrogen-bond donors (Lipinski definition) is 2. The van der Waals surface area contributed by atoms with Gasteiger partial charge in [0, 0.05) is 11.9 Å². The predicted molar refractivity (Wildman–Crippen MR) is 78.5 cm³/mol. The average molecular weight is 296 g/mol. The lowest BCUT2D eigenvalue weighted by molar-refractivity contribution is -0.140. The van der Waals surface area contributed by atoms with E-state index < -0.39 is 12.0 Å². The van der Waals surface area contributed by atoms with Gasteiger partial charge in [0.1, 0.15) is 11.0 Å². The number of aromatic nitrogens is 1. The molecule has 0 saturated carbocycles. The molecule has 0 bridgehead atoms. The molecule has 0 spiro atoms. The van der Waals surface area contributed by atoms with Crippen LogP contribution in [0.2, 0.25) is 0 Å². The molecule has 0 aliphatic rings. The van der Waals surface area contributed by atoms with Gasteiger partial charge in [-0.3, -0.25) is 10.1 Å². The SMILES string of the molecule is CC(C)[C@@H](NCc1csc(-c2cccs2)n1)C(=O)O. The fourth-order valence-electron chi connectivity index (χ4n) is 1.72. The lowest BCUT2D eigenvalue weighted by atomic mass is 10.1. The van der Waals surface area contributed by atoms with Crippen LogP contribution in [0.1, 0.15) is 19.5 Å². The third kappa shape index (κ3) is 3.62. The molecule has 0 aliphatic heterocycles. The van der Waals surface area contributed by atoms with Crippen LogP contribution in [0.4, 0.5) is 0 Å². The van der Waals surface area contributed by atoms with Crippen molar-refractivity contribution >= 4 is 28.6 Å². The molecule has 0 saturated heterocycles. The first-order chi connectivity index (χ1) is 9.08. The zero-order valence-corrected chi connectivity index (χ0v) is 12.4. The fraction of sp³-hybridized carbons (Fsp3) is 0.385. The first kappa shape index (κ1) is 14.2. The van der Waals surface area contributed by atoms with Crippen molar-refractivity contribution in [2.24, 2.45) is 5.92 Å². The number of carboxylic acid groups (broad SMARTS) is 1. The maximum absolute atomic E-state index is 11.1. The Hall–Kier alpha value is -1.24. The van der Waals surface area contributed by atoms with Gasteiger partial charge in [-0.1, -0.05) is 19.9 Å². The molecule has 102 valence electrons. The van der Waals surface area contributed by atoms with Crippen LogP contribution in [0.3, 0.4) is 0 Å². The number of thiophene rings is 1. The van der Waals surface area contributed by atoms with Crippen molar-refractivity contribution < 1.29 is 9.90 Å². The molecule has 0 fully saturated rings. The predicted octanol–water partition coefficient (Wildman–Crippen LogP) is 3.07. The van der Waals surface area contributed by atoms with Gasteiger partial charge in [-0.25, -0.2) is 4.98 Å². The summed E-state index contributed by atoms with van der Waals surface area (Å²) in [6.07, 6.45) is 0. The second-order valence-corrected chi connectivity index (χ2v) is 6.37. The minimum Gasteiger partial charge on any atom is -0.480 e. The largest absolute Gasteiger partial charge is 0.480 e. The van der Waals surface area contributed by atoms with Crippen LogP contribution in [-0.4, -0.2) is 22.1 Å². The number of nitrogens with zero attached hydrogens (tertiary/aromatic N) is 1. The Balaban J connectivity index is 1.99. The van der Waals surface area contributed by atoms with E-state index in [1.807, 2.05) is 36.7 Å². The number of hydrogen-bond acceptors (Lipinski definition) is 5. The minimum atomic E-state index is -0.816. The van der Waals surface area contributed by atoms with E-state index in [2.05, 4.69) is 10.3 Å². The van der Waals surface area contributed by atoms with Crippen LogP contribution in [0.5, 0.6) is 0 Å². The monoisotopic (exact) mass is 296 g/mol. The maximum Gasteiger partial charge on any atom is 0.320 e. The maximum atomic E-state index is 11.1. The van der Waals surface area contributed by atoms with Crippen molar-refractivity contribution in [1.82, 2.24) is 10.3 Å². The zero-order chi connectivity index (χ0) is 13.8. The second kappa shape index (κ2) is 6.27. The molecule has 0 unspecified atom stereocenters. The Morgan fingerprint density at radius 1 is 1.47 bits per heavy atom. The molecule has 2 N–H and O–H groups in total. The van der Waals surface area contributed by atoms with Gasteiger partial charge in [-0.05, 0) is 17.4 Å². The second-order valence-electron chi connectivity index (χ2n) is 4.56. The van der Waals surface area contributed by atoms with E-state index in [0.29, 0.717) is 6.54 Å². The highest BCUT2D eigenvalue weighted by molar-refractivity contribution is 7.20. The quantitative estimate of drug-likeness (QED) is 0.860. The summed E-state index contributed by atoms with van der Waals surface area (Å²) in [5.74, 6) is -0.767. The highest BCUT2D eigenvalue weighted by atomic mass is 32.1. The minimum absolute atomic E-state index is 0.0490. The number of carboxylic acids is 1. The summed E-state index contributed by atoms with van der Waals surface area (Å²) in [4.78, 5) is 16.7. The van der Waals surface area contributed by atoms with Gasteiger partial charge >= 0.3 is 5.97 Å². The molecule has 0 aliphatic carbocycles. The van der Waals surface area contributed by atoms with Gasteiger partial charge in [0.05, 0.1) is 10.6 Å². The Morgan fingerprint density at radius 3 is 2.84 bits per heavy atom. The fourth-order valence-corrected chi connectivity index (χ4v) is 3.36. The van der Waals surface area contributed by atoms with Crippen molar-refractivity contribution in [2.75, 3.05) is 0 Å². The molecule has 0 amide bonds. The van der Waals surface area contributed by atoms with Crippen molar-refractivity contribution in [1.29, 1.82) is 0 Å². The summed E-state index contributed by atoms with van der Waals surface area (Å²) in [6, 6.07) is 3.50. The molecule has 2 heterocycles. The van der Waals surface area contributed by atoms with Crippen LogP contribution >= 0.6 is 22.7 Å². The van der Waals surface area contributed by atoms with E-state index in [-0.39, 0.29) is 5.92 Å². The highest BCUT2D eigenvalue weighted by Crippen LogP contribution is 2.27. The molecule has 0 radical (unpaired) electrons. The van der Waals surface area contributed by atoms with Crippen LogP contribution in [0, 0.1) is 5.92 Å². The topological polar surface area (TPSA) is 62.2 Å². The van der Waals surface area contributed by atoms with Crippen LogP contribution < -0.4 is 5.32 Å². The summed E-state index contributed by atoms with van der Waals surface area (Å²) < 4.78 is 0. The number of thiazole rings is 1. The van der Waals surface area contributed by atoms with Gasteiger partial charge in [-0.15, -0.1) is 22.7 Å². The molecule has 1 atom stereocenters. The summed E-state index contributed by atoms with van der Waals surface area (Å²) in [6.45, 7) is 4.27. The third-order valence-corrected chi connectivity index (χ3v) is 4.65. The first-order valence-electron chi connectivity index (χ1n) is 6.02. The lowest BCUT2D eigenvalue weighted by Gasteiger charge is -2.16. The molecule has 2 aromatic rings. The molecule has 6 heteroatoms. The molecular formula is C13H16N2O2S2. The number of rotatable bonds is 6. The van der Waals surface area contributed by atoms with E-state index in [1.165, 1.54) is 0 Å². The first-order valence-corrected chi connectivity index (χ1v) is 7.78. The van der Waals surface area contributed by atoms with Crippen molar-refractivity contribution in [2.45, 2.75) is 26.4 Å². The molecule has 4 nitrogen and oxygen atoms in total. The van der Waals surface area contributed by atoms with Crippen molar-refractivity contribution in [3.63, 3.8) is 0 Å². The average Bonchev–Trinajstić information content (AvgIpc) is 2.98. The molecule has 19 heavy (non-hydrogen) atoms. The van der Waals surface area contributed by atoms with E-state index in [4.69, 9.17) is 5.11 Å². The van der Waals surface area contributed by atoms with E-state index in [1.54, 1.807) is 22.7 Å². The summed E-state index contributed by atoms with van der Waals surface area (Å²) in [5, 5.41) is 17.1. The van der Waals surface area contributed by atoms with Crippen LogP contribution in [0.15, 0.2) is 22.9 Å². The molecule has 2 aromatic heterocycles. The van der Waals surface area contributed by atoms with Gasteiger partial charge in [-0.2, -0.15) is 0 Å². The Morgan fingerprint density at radius 2 is 2.26 bits per heavy atom. The third-order valence-electron chi connectivity index (χ3n) is 2.72. The van der Waals surface area contributed by atoms with Gasteiger partial charge in [0.2, 0.25) is 0 Å². The molecule has 2 rings (SSSR count). The van der Waals surface area contributed by atoms with Gasteiger partial charge in [0.15, 0.2) is 0 Å². The number of nitrogens with one attached hydrogen (secondary N) is 1. The molecule has 0 aromatic carbocycles. The summed E-state index contributed by atoms with van der Waals surface area (Å²) in [5.41, 5.74) is 0.889. The van der Waals surface area contributed by atoms with Crippen molar-refractivity contribution in [3.8, 4) is 9.88 Å². The van der Waals surface area contributed by atoms with E-state index >= 15 is 0 Å². The summed E-state index contributed by atoms with van der Waals surface area (Å²) in [7, 11) is 0. The van der Waals surface area contributed by atoms with Crippen molar-refractivity contribution in [3.05, 3.63) is 28.6 Å². The normalized spacial score (nSPS) is 12.8.